The van der Waals surface area contributed by atoms with Crippen LogP contribution in [0.4, 0.5) is 11.4 Å². The third-order valence-electron chi connectivity index (χ3n) is 5.35. The number of amides is 2. The molecule has 8 nitrogen and oxygen atoms in total. The summed E-state index contributed by atoms with van der Waals surface area (Å²) in [6, 6.07) is 21.0. The molecule has 0 aliphatic heterocycles. The van der Waals surface area contributed by atoms with Gasteiger partial charge in [-0.1, -0.05) is 12.1 Å². The van der Waals surface area contributed by atoms with Gasteiger partial charge >= 0.3 is 0 Å². The maximum absolute atomic E-state index is 12.7. The first-order valence-corrected chi connectivity index (χ1v) is 11.0. The number of imidazole rings is 1. The molecule has 0 aliphatic rings. The number of hydrogen-bond donors (Lipinski definition) is 2. The Morgan fingerprint density at radius 2 is 1.71 bits per heavy atom. The van der Waals surface area contributed by atoms with E-state index in [-0.39, 0.29) is 17.6 Å². The molecule has 3 aromatic heterocycles. The number of rotatable bonds is 7. The highest BCUT2D eigenvalue weighted by molar-refractivity contribution is 6.05. The van der Waals surface area contributed by atoms with Crippen LogP contribution in [0.2, 0.25) is 0 Å². The van der Waals surface area contributed by atoms with Crippen LogP contribution in [-0.2, 0) is 6.61 Å². The molecule has 174 valence electrons. The highest BCUT2D eigenvalue weighted by atomic mass is 16.5. The summed E-state index contributed by atoms with van der Waals surface area (Å²) in [5, 5.41) is 5.57. The molecule has 0 atom stereocenters. The molecular formula is C27H22N4O4. The van der Waals surface area contributed by atoms with E-state index in [1.807, 2.05) is 35.9 Å². The van der Waals surface area contributed by atoms with Gasteiger partial charge in [-0.05, 0) is 73.2 Å². The number of nitrogens with zero attached hydrogens (tertiary/aromatic N) is 2. The van der Waals surface area contributed by atoms with Crippen LogP contribution >= 0.6 is 0 Å². The molecule has 5 rings (SSSR count). The smallest absolute Gasteiger partial charge is 0.291 e. The third-order valence-corrected chi connectivity index (χ3v) is 5.35. The van der Waals surface area contributed by atoms with Gasteiger partial charge in [-0.3, -0.25) is 9.59 Å². The first-order chi connectivity index (χ1) is 17.0. The van der Waals surface area contributed by atoms with Gasteiger partial charge in [0.05, 0.1) is 12.0 Å². The highest BCUT2D eigenvalue weighted by Gasteiger charge is 2.11. The van der Waals surface area contributed by atoms with Crippen molar-refractivity contribution in [1.82, 2.24) is 9.38 Å². The van der Waals surface area contributed by atoms with Crippen LogP contribution in [0.5, 0.6) is 5.75 Å². The Morgan fingerprint density at radius 3 is 2.43 bits per heavy atom. The van der Waals surface area contributed by atoms with Gasteiger partial charge in [0.25, 0.3) is 11.8 Å². The number of hydrogen-bond acceptors (Lipinski definition) is 5. The Labute approximate surface area is 201 Å². The molecular weight excluding hydrogens is 444 g/mol. The summed E-state index contributed by atoms with van der Waals surface area (Å²) in [6.07, 6.45) is 5.33. The molecule has 0 fully saturated rings. The summed E-state index contributed by atoms with van der Waals surface area (Å²) in [5.74, 6) is 0.200. The third kappa shape index (κ3) is 5.06. The number of aryl methyl sites for hydroxylation is 1. The van der Waals surface area contributed by atoms with Crippen molar-refractivity contribution in [1.29, 1.82) is 0 Å². The number of carbonyl (C=O) groups excluding carboxylic acids is 2. The SMILES string of the molecule is Cc1cccn2cc(COc3ccc(C(=O)Nc4cccc(NC(=O)c5ccco5)c4)cc3)nc12. The number of nitrogens with one attached hydrogen (secondary N) is 2. The maximum atomic E-state index is 12.7. The summed E-state index contributed by atoms with van der Waals surface area (Å²) in [7, 11) is 0. The normalized spacial score (nSPS) is 10.8. The minimum Gasteiger partial charge on any atom is -0.487 e. The Bertz CT molecular complexity index is 1490. The Kier molecular flexibility index (Phi) is 6.00. The van der Waals surface area contributed by atoms with E-state index in [4.69, 9.17) is 9.15 Å². The van der Waals surface area contributed by atoms with Gasteiger partial charge in [-0.25, -0.2) is 4.98 Å². The number of ether oxygens (including phenoxy) is 1. The number of aromatic nitrogens is 2. The minimum atomic E-state index is -0.368. The Balaban J connectivity index is 1.19. The van der Waals surface area contributed by atoms with Crippen LogP contribution in [0.25, 0.3) is 5.65 Å². The van der Waals surface area contributed by atoms with E-state index in [1.165, 1.54) is 6.26 Å². The number of pyridine rings is 1. The quantitative estimate of drug-likeness (QED) is 0.338. The second-order valence-electron chi connectivity index (χ2n) is 7.93. The second-order valence-corrected chi connectivity index (χ2v) is 7.93. The molecule has 5 aromatic rings. The summed E-state index contributed by atoms with van der Waals surface area (Å²) >= 11 is 0. The largest absolute Gasteiger partial charge is 0.487 e. The topological polar surface area (TPSA) is 97.9 Å². The Morgan fingerprint density at radius 1 is 0.943 bits per heavy atom. The van der Waals surface area contributed by atoms with Crippen LogP contribution in [0.1, 0.15) is 32.2 Å². The summed E-state index contributed by atoms with van der Waals surface area (Å²) < 4.78 is 12.9. The average molecular weight is 466 g/mol. The average Bonchev–Trinajstić information content (AvgIpc) is 3.54. The zero-order chi connectivity index (χ0) is 24.2. The monoisotopic (exact) mass is 466 g/mol. The second kappa shape index (κ2) is 9.56. The lowest BCUT2D eigenvalue weighted by atomic mass is 10.2. The minimum absolute atomic E-state index is 0.207. The lowest BCUT2D eigenvalue weighted by Gasteiger charge is -2.09. The molecule has 0 radical (unpaired) electrons. The van der Waals surface area contributed by atoms with Gasteiger partial charge in [0.15, 0.2) is 5.76 Å². The van der Waals surface area contributed by atoms with E-state index in [9.17, 15) is 9.59 Å². The van der Waals surface area contributed by atoms with Gasteiger partial charge in [-0.15, -0.1) is 0 Å². The Hall–Kier alpha value is -4.85. The number of benzene rings is 2. The van der Waals surface area contributed by atoms with Crippen LogP contribution in [-0.4, -0.2) is 21.2 Å². The maximum Gasteiger partial charge on any atom is 0.291 e. The molecule has 0 bridgehead atoms. The van der Waals surface area contributed by atoms with Gasteiger partial charge in [0.1, 0.15) is 18.0 Å². The molecule has 0 saturated heterocycles. The zero-order valence-electron chi connectivity index (χ0n) is 18.9. The van der Waals surface area contributed by atoms with Crippen molar-refractivity contribution in [2.45, 2.75) is 13.5 Å². The van der Waals surface area contributed by atoms with Crippen molar-refractivity contribution in [2.24, 2.45) is 0 Å². The number of fused-ring (bicyclic) bond motifs is 1. The van der Waals surface area contributed by atoms with E-state index in [0.717, 1.165) is 16.9 Å². The summed E-state index contributed by atoms with van der Waals surface area (Å²) in [6.45, 7) is 2.34. The van der Waals surface area contributed by atoms with Gasteiger partial charge in [-0.2, -0.15) is 0 Å². The van der Waals surface area contributed by atoms with Crippen molar-refractivity contribution in [3.8, 4) is 5.75 Å². The van der Waals surface area contributed by atoms with E-state index < -0.39 is 0 Å². The van der Waals surface area contributed by atoms with Crippen molar-refractivity contribution in [3.63, 3.8) is 0 Å². The molecule has 0 unspecified atom stereocenters. The predicted octanol–water partition coefficient (Wildman–Crippen LogP) is 5.32. The van der Waals surface area contributed by atoms with Gasteiger partial charge < -0.3 is 24.2 Å². The van der Waals surface area contributed by atoms with Gasteiger partial charge in [0, 0.05) is 29.3 Å². The van der Waals surface area contributed by atoms with Crippen LogP contribution in [0.15, 0.2) is 95.9 Å². The first-order valence-electron chi connectivity index (χ1n) is 11.0. The van der Waals surface area contributed by atoms with Crippen molar-refractivity contribution in [3.05, 3.63) is 114 Å². The highest BCUT2D eigenvalue weighted by Crippen LogP contribution is 2.19. The summed E-state index contributed by atoms with van der Waals surface area (Å²) in [5.41, 5.74) is 4.39. The molecule has 3 heterocycles. The molecule has 0 spiro atoms. The van der Waals surface area contributed by atoms with Crippen molar-refractivity contribution < 1.29 is 18.7 Å². The van der Waals surface area contributed by atoms with Gasteiger partial charge in [0.2, 0.25) is 0 Å². The molecule has 2 N–H and O–H groups in total. The molecule has 0 saturated carbocycles. The van der Waals surface area contributed by atoms with Crippen molar-refractivity contribution >= 4 is 28.8 Å². The molecule has 8 heteroatoms. The zero-order valence-corrected chi connectivity index (χ0v) is 18.9. The van der Waals surface area contributed by atoms with Crippen LogP contribution in [0, 0.1) is 6.92 Å². The summed E-state index contributed by atoms with van der Waals surface area (Å²) in [4.78, 5) is 29.4. The molecule has 2 amide bonds. The van der Waals surface area contributed by atoms with Crippen LogP contribution in [0.3, 0.4) is 0 Å². The number of carbonyl (C=O) groups is 2. The van der Waals surface area contributed by atoms with Crippen LogP contribution < -0.4 is 15.4 Å². The van der Waals surface area contributed by atoms with E-state index in [2.05, 4.69) is 15.6 Å². The lowest BCUT2D eigenvalue weighted by molar-refractivity contribution is 0.0995. The van der Waals surface area contributed by atoms with E-state index in [0.29, 0.717) is 29.3 Å². The molecule has 0 aliphatic carbocycles. The fourth-order valence-corrected chi connectivity index (χ4v) is 3.61. The van der Waals surface area contributed by atoms with E-state index in [1.54, 1.807) is 60.7 Å². The number of furan rings is 1. The molecule has 35 heavy (non-hydrogen) atoms. The van der Waals surface area contributed by atoms with E-state index >= 15 is 0 Å². The fourth-order valence-electron chi connectivity index (χ4n) is 3.61. The standard InChI is InChI=1S/C27H22N4O4/c1-18-5-3-13-31-16-22(28-25(18)31)17-35-23-11-9-19(10-12-23)26(32)29-20-6-2-7-21(15-20)30-27(33)24-8-4-14-34-24/h2-16H,17H2,1H3,(H,29,32)(H,30,33). The fraction of sp³-hybridized carbons (Fsp3) is 0.0741. The number of anilines is 2. The molecule has 2 aromatic carbocycles. The predicted molar refractivity (Wildman–Crippen MR) is 132 cm³/mol. The lowest BCUT2D eigenvalue weighted by Crippen LogP contribution is -2.13. The van der Waals surface area contributed by atoms with Crippen molar-refractivity contribution in [2.75, 3.05) is 10.6 Å². The first kappa shape index (κ1) is 22.0.